The fraction of sp³-hybridized carbons (Fsp3) is 0.286. The molecule has 0 saturated heterocycles. The molecule has 0 aliphatic rings. The van der Waals surface area contributed by atoms with Crippen LogP contribution in [0, 0.1) is 0 Å². The van der Waals surface area contributed by atoms with Crippen molar-refractivity contribution in [1.29, 1.82) is 0 Å². The van der Waals surface area contributed by atoms with Gasteiger partial charge in [-0.3, -0.25) is 0 Å². The molecule has 0 aromatic heterocycles. The zero-order valence-electron chi connectivity index (χ0n) is 18.5. The second kappa shape index (κ2) is 10.3. The summed E-state index contributed by atoms with van der Waals surface area (Å²) in [5.41, 5.74) is 4.99. The van der Waals surface area contributed by atoms with E-state index in [0.717, 1.165) is 23.5 Å². The summed E-state index contributed by atoms with van der Waals surface area (Å²) in [6.45, 7) is 9.97. The highest BCUT2D eigenvalue weighted by molar-refractivity contribution is 5.63. The number of rotatable bonds is 9. The number of allylic oxidation sites excluding steroid dienone is 2. The van der Waals surface area contributed by atoms with Crippen LogP contribution in [-0.2, 0) is 16.8 Å². The molecule has 3 rings (SSSR count). The van der Waals surface area contributed by atoms with Gasteiger partial charge in [-0.05, 0) is 66.8 Å². The standard InChI is InChI=1S/C28H32O2/c1-5-22(3)24-15-17-25(18-16-24)28(4,6-2)21-29-20-23-11-10-14-27(19-23)30-26-12-8-7-9-13-26/h5,7-19H,6,20-21H2,1-4H3/b22-5-. The molecule has 1 atom stereocenters. The minimum Gasteiger partial charge on any atom is -0.457 e. The second-order valence-electron chi connectivity index (χ2n) is 8.02. The van der Waals surface area contributed by atoms with Crippen LogP contribution in [0.1, 0.15) is 50.8 Å². The quantitative estimate of drug-likeness (QED) is 0.365. The molecule has 0 saturated carbocycles. The predicted octanol–water partition coefficient (Wildman–Crippen LogP) is 7.79. The topological polar surface area (TPSA) is 18.5 Å². The van der Waals surface area contributed by atoms with Gasteiger partial charge >= 0.3 is 0 Å². The average molecular weight is 401 g/mol. The Hall–Kier alpha value is -2.84. The van der Waals surface area contributed by atoms with Crippen LogP contribution < -0.4 is 4.74 Å². The van der Waals surface area contributed by atoms with E-state index in [1.807, 2.05) is 48.5 Å². The van der Waals surface area contributed by atoms with E-state index >= 15 is 0 Å². The third kappa shape index (κ3) is 5.61. The Bertz CT molecular complexity index is 957. The van der Waals surface area contributed by atoms with Crippen molar-refractivity contribution >= 4 is 5.57 Å². The predicted molar refractivity (Wildman–Crippen MR) is 126 cm³/mol. The lowest BCUT2D eigenvalue weighted by molar-refractivity contribution is 0.0747. The molecule has 0 aliphatic carbocycles. The van der Waals surface area contributed by atoms with Crippen LogP contribution in [0.2, 0.25) is 0 Å². The minimum absolute atomic E-state index is 0.0134. The van der Waals surface area contributed by atoms with E-state index in [-0.39, 0.29) is 5.41 Å². The second-order valence-corrected chi connectivity index (χ2v) is 8.02. The fourth-order valence-corrected chi connectivity index (χ4v) is 3.41. The lowest BCUT2D eigenvalue weighted by Crippen LogP contribution is -2.27. The van der Waals surface area contributed by atoms with Gasteiger partial charge in [0.05, 0.1) is 13.2 Å². The lowest BCUT2D eigenvalue weighted by atomic mass is 9.80. The number of benzene rings is 3. The van der Waals surface area contributed by atoms with Gasteiger partial charge in [0.15, 0.2) is 0 Å². The van der Waals surface area contributed by atoms with E-state index in [1.165, 1.54) is 16.7 Å². The third-order valence-corrected chi connectivity index (χ3v) is 5.82. The van der Waals surface area contributed by atoms with Crippen molar-refractivity contribution in [2.45, 2.75) is 46.1 Å². The van der Waals surface area contributed by atoms with Crippen LogP contribution in [0.5, 0.6) is 11.5 Å². The summed E-state index contributed by atoms with van der Waals surface area (Å²) in [6.07, 6.45) is 3.17. The molecule has 156 valence electrons. The highest BCUT2D eigenvalue weighted by Crippen LogP contribution is 2.30. The molecule has 2 nitrogen and oxygen atoms in total. The molecule has 2 heteroatoms. The van der Waals surface area contributed by atoms with Gasteiger partial charge < -0.3 is 9.47 Å². The van der Waals surface area contributed by atoms with Crippen LogP contribution in [0.25, 0.3) is 5.57 Å². The van der Waals surface area contributed by atoms with Gasteiger partial charge in [0.2, 0.25) is 0 Å². The lowest BCUT2D eigenvalue weighted by Gasteiger charge is -2.29. The number of para-hydroxylation sites is 1. The first kappa shape index (κ1) is 21.9. The van der Waals surface area contributed by atoms with Crippen molar-refractivity contribution in [3.8, 4) is 11.5 Å². The highest BCUT2D eigenvalue weighted by Gasteiger charge is 2.25. The van der Waals surface area contributed by atoms with Gasteiger partial charge in [0.25, 0.3) is 0 Å². The number of ether oxygens (including phenoxy) is 2. The normalized spacial score (nSPS) is 13.7. The molecule has 3 aromatic rings. The zero-order valence-corrected chi connectivity index (χ0v) is 18.5. The summed E-state index contributed by atoms with van der Waals surface area (Å²) in [7, 11) is 0. The molecule has 3 aromatic carbocycles. The van der Waals surface area contributed by atoms with E-state index in [1.54, 1.807) is 0 Å². The SMILES string of the molecule is C/C=C(/C)c1ccc(C(C)(CC)COCc2cccc(Oc3ccccc3)c2)cc1. The van der Waals surface area contributed by atoms with Crippen molar-refractivity contribution in [3.63, 3.8) is 0 Å². The smallest absolute Gasteiger partial charge is 0.127 e. The van der Waals surface area contributed by atoms with Crippen LogP contribution in [-0.4, -0.2) is 6.61 Å². The molecule has 1 unspecified atom stereocenters. The summed E-state index contributed by atoms with van der Waals surface area (Å²) in [5, 5.41) is 0. The van der Waals surface area contributed by atoms with E-state index in [2.05, 4.69) is 64.1 Å². The van der Waals surface area contributed by atoms with Crippen molar-refractivity contribution in [3.05, 3.63) is 102 Å². The van der Waals surface area contributed by atoms with Gasteiger partial charge in [-0.15, -0.1) is 0 Å². The van der Waals surface area contributed by atoms with Gasteiger partial charge in [0, 0.05) is 5.41 Å². The van der Waals surface area contributed by atoms with Gasteiger partial charge in [-0.2, -0.15) is 0 Å². The van der Waals surface area contributed by atoms with Crippen molar-refractivity contribution in [1.82, 2.24) is 0 Å². The van der Waals surface area contributed by atoms with Gasteiger partial charge in [0.1, 0.15) is 11.5 Å². The summed E-state index contributed by atoms with van der Waals surface area (Å²) in [6, 6.07) is 26.9. The first-order valence-corrected chi connectivity index (χ1v) is 10.7. The first-order valence-electron chi connectivity index (χ1n) is 10.7. The van der Waals surface area contributed by atoms with Crippen molar-refractivity contribution in [2.75, 3.05) is 6.61 Å². The van der Waals surface area contributed by atoms with Crippen LogP contribution in [0.15, 0.2) is 84.9 Å². The van der Waals surface area contributed by atoms with E-state index < -0.39 is 0 Å². The summed E-state index contributed by atoms with van der Waals surface area (Å²) in [5.74, 6) is 1.67. The fourth-order valence-electron chi connectivity index (χ4n) is 3.41. The molecule has 0 radical (unpaired) electrons. The Kier molecular flexibility index (Phi) is 7.48. The van der Waals surface area contributed by atoms with Gasteiger partial charge in [-0.1, -0.05) is 74.5 Å². The third-order valence-electron chi connectivity index (χ3n) is 5.82. The molecule has 0 amide bonds. The maximum Gasteiger partial charge on any atom is 0.127 e. The molecule has 30 heavy (non-hydrogen) atoms. The Morgan fingerprint density at radius 2 is 1.60 bits per heavy atom. The van der Waals surface area contributed by atoms with Crippen LogP contribution in [0.4, 0.5) is 0 Å². The van der Waals surface area contributed by atoms with E-state index in [9.17, 15) is 0 Å². The number of hydrogen-bond donors (Lipinski definition) is 0. The molecule has 0 bridgehead atoms. The average Bonchev–Trinajstić information content (AvgIpc) is 2.79. The maximum atomic E-state index is 6.17. The molecule has 0 spiro atoms. The zero-order chi connectivity index (χ0) is 21.4. The summed E-state index contributed by atoms with van der Waals surface area (Å²) in [4.78, 5) is 0. The van der Waals surface area contributed by atoms with Gasteiger partial charge in [-0.25, -0.2) is 0 Å². The Labute approximate surface area is 181 Å². The summed E-state index contributed by atoms with van der Waals surface area (Å²) < 4.78 is 12.1. The van der Waals surface area contributed by atoms with Crippen molar-refractivity contribution < 1.29 is 9.47 Å². The van der Waals surface area contributed by atoms with E-state index in [0.29, 0.717) is 13.2 Å². The van der Waals surface area contributed by atoms with E-state index in [4.69, 9.17) is 9.47 Å². The minimum atomic E-state index is -0.0134. The molecule has 0 N–H and O–H groups in total. The summed E-state index contributed by atoms with van der Waals surface area (Å²) >= 11 is 0. The monoisotopic (exact) mass is 400 g/mol. The Morgan fingerprint density at radius 1 is 0.900 bits per heavy atom. The molecular weight excluding hydrogens is 368 g/mol. The first-order chi connectivity index (χ1) is 14.5. The molecule has 0 fully saturated rings. The molecule has 0 heterocycles. The van der Waals surface area contributed by atoms with Crippen LogP contribution >= 0.6 is 0 Å². The number of hydrogen-bond acceptors (Lipinski definition) is 2. The molecule has 0 aliphatic heterocycles. The maximum absolute atomic E-state index is 6.17. The Balaban J connectivity index is 1.62. The van der Waals surface area contributed by atoms with Crippen LogP contribution in [0.3, 0.4) is 0 Å². The van der Waals surface area contributed by atoms with Crippen molar-refractivity contribution in [2.24, 2.45) is 0 Å². The highest BCUT2D eigenvalue weighted by atomic mass is 16.5. The Morgan fingerprint density at radius 3 is 2.27 bits per heavy atom. The largest absolute Gasteiger partial charge is 0.457 e. The molecular formula is C28H32O2.